The lowest BCUT2D eigenvalue weighted by atomic mass is 9.93. The summed E-state index contributed by atoms with van der Waals surface area (Å²) in [5.74, 6) is 0. The highest BCUT2D eigenvalue weighted by Gasteiger charge is 2.16. The highest BCUT2D eigenvalue weighted by molar-refractivity contribution is 7.13. The zero-order valence-electron chi connectivity index (χ0n) is 7.09. The monoisotopic (exact) mass is 168 g/mol. The molecule has 0 aliphatic carbocycles. The Kier molecular flexibility index (Phi) is 2.09. The fraction of sp³-hybridized carbons (Fsp3) is 0.500. The van der Waals surface area contributed by atoms with Gasteiger partial charge in [0.05, 0.1) is 5.69 Å². The lowest BCUT2D eigenvalue weighted by molar-refractivity contribution is 0.573. The van der Waals surface area contributed by atoms with Crippen molar-refractivity contribution >= 4 is 23.2 Å². The molecule has 0 aromatic carbocycles. The molecule has 0 fully saturated rings. The molecule has 0 atom stereocenters. The van der Waals surface area contributed by atoms with Crippen molar-refractivity contribution < 1.29 is 0 Å². The molecule has 0 unspecified atom stereocenters. The molecule has 0 spiro atoms. The first kappa shape index (κ1) is 8.40. The van der Waals surface area contributed by atoms with Crippen LogP contribution in [0.25, 0.3) is 0 Å². The third-order valence-electron chi connectivity index (χ3n) is 1.40. The second-order valence-electron chi connectivity index (χ2n) is 3.42. The fourth-order valence-electron chi connectivity index (χ4n) is 0.681. The van der Waals surface area contributed by atoms with Gasteiger partial charge in [0, 0.05) is 10.8 Å². The summed E-state index contributed by atoms with van der Waals surface area (Å²) in [6.07, 6.45) is 0. The number of hydrogen-bond donors (Lipinski definition) is 0. The molecular weight excluding hydrogens is 156 g/mol. The number of aliphatic imine (C=N–C) groups is 1. The van der Waals surface area contributed by atoms with Gasteiger partial charge in [-0.25, -0.2) is 9.98 Å². The van der Waals surface area contributed by atoms with Crippen LogP contribution in [0.1, 0.15) is 26.5 Å². The maximum absolute atomic E-state index is 4.29. The molecule has 60 valence electrons. The van der Waals surface area contributed by atoms with Gasteiger partial charge in [-0.1, -0.05) is 20.8 Å². The standard InChI is InChI=1S/C8H12N2S/c1-8(2,3)6-5-11-7(9-4)10-6/h5H,4H2,1-3H3. The zero-order chi connectivity index (χ0) is 8.48. The van der Waals surface area contributed by atoms with Crippen LogP contribution < -0.4 is 0 Å². The van der Waals surface area contributed by atoms with Crippen LogP contribution in [0, 0.1) is 0 Å². The van der Waals surface area contributed by atoms with E-state index in [1.165, 1.54) is 11.3 Å². The molecule has 1 aromatic rings. The Morgan fingerprint density at radius 1 is 1.55 bits per heavy atom. The molecule has 0 bridgehead atoms. The molecule has 0 amide bonds. The van der Waals surface area contributed by atoms with Crippen molar-refractivity contribution in [3.8, 4) is 0 Å². The average molecular weight is 168 g/mol. The van der Waals surface area contributed by atoms with Crippen LogP contribution in [0.15, 0.2) is 10.4 Å². The third kappa shape index (κ3) is 1.87. The summed E-state index contributed by atoms with van der Waals surface area (Å²) in [5.41, 5.74) is 1.21. The van der Waals surface area contributed by atoms with E-state index in [0.717, 1.165) is 10.8 Å². The number of rotatable bonds is 1. The lowest BCUT2D eigenvalue weighted by Gasteiger charge is -2.13. The van der Waals surface area contributed by atoms with E-state index < -0.39 is 0 Å². The lowest BCUT2D eigenvalue weighted by Crippen LogP contribution is -2.10. The summed E-state index contributed by atoms with van der Waals surface area (Å²) in [6.45, 7) is 9.83. The SMILES string of the molecule is C=Nc1nc(C(C)(C)C)cs1. The largest absolute Gasteiger partial charge is 0.236 e. The maximum atomic E-state index is 4.29. The van der Waals surface area contributed by atoms with Crippen molar-refractivity contribution in [1.29, 1.82) is 0 Å². The molecular formula is C8H12N2S. The Morgan fingerprint density at radius 3 is 2.45 bits per heavy atom. The molecule has 11 heavy (non-hydrogen) atoms. The van der Waals surface area contributed by atoms with Crippen molar-refractivity contribution in [3.63, 3.8) is 0 Å². The number of aromatic nitrogens is 1. The molecule has 1 heterocycles. The van der Waals surface area contributed by atoms with Crippen LogP contribution in [0.5, 0.6) is 0 Å². The van der Waals surface area contributed by atoms with Gasteiger partial charge >= 0.3 is 0 Å². The predicted octanol–water partition coefficient (Wildman–Crippen LogP) is 2.77. The third-order valence-corrected chi connectivity index (χ3v) is 2.17. The van der Waals surface area contributed by atoms with Crippen LogP contribution in [-0.4, -0.2) is 11.7 Å². The highest BCUT2D eigenvalue weighted by atomic mass is 32.1. The summed E-state index contributed by atoms with van der Waals surface area (Å²) in [4.78, 5) is 8.05. The summed E-state index contributed by atoms with van der Waals surface area (Å²) in [7, 11) is 0. The number of nitrogens with zero attached hydrogens (tertiary/aromatic N) is 2. The predicted molar refractivity (Wildman–Crippen MR) is 50.0 cm³/mol. The van der Waals surface area contributed by atoms with Gasteiger partial charge in [0.15, 0.2) is 0 Å². The van der Waals surface area contributed by atoms with Gasteiger partial charge in [0.2, 0.25) is 5.13 Å². The highest BCUT2D eigenvalue weighted by Crippen LogP contribution is 2.27. The Balaban J connectivity index is 2.98. The van der Waals surface area contributed by atoms with E-state index >= 15 is 0 Å². The van der Waals surface area contributed by atoms with E-state index in [4.69, 9.17) is 0 Å². The van der Waals surface area contributed by atoms with Crippen molar-refractivity contribution in [2.75, 3.05) is 0 Å². The summed E-state index contributed by atoms with van der Waals surface area (Å²) < 4.78 is 0. The van der Waals surface area contributed by atoms with Crippen molar-refractivity contribution in [2.45, 2.75) is 26.2 Å². The summed E-state index contributed by atoms with van der Waals surface area (Å²) >= 11 is 1.54. The minimum absolute atomic E-state index is 0.124. The van der Waals surface area contributed by atoms with Gasteiger partial charge in [-0.15, -0.1) is 11.3 Å². The van der Waals surface area contributed by atoms with Gasteiger partial charge in [-0.05, 0) is 6.72 Å². The molecule has 0 aliphatic rings. The van der Waals surface area contributed by atoms with Gasteiger partial charge in [0.1, 0.15) is 0 Å². The van der Waals surface area contributed by atoms with E-state index in [0.29, 0.717) is 0 Å². The van der Waals surface area contributed by atoms with Gasteiger partial charge in [-0.3, -0.25) is 0 Å². The topological polar surface area (TPSA) is 25.2 Å². The van der Waals surface area contributed by atoms with Crippen LogP contribution in [0.4, 0.5) is 5.13 Å². The Hall–Kier alpha value is -0.700. The minimum atomic E-state index is 0.124. The first-order chi connectivity index (χ1) is 5.04. The van der Waals surface area contributed by atoms with Gasteiger partial charge in [-0.2, -0.15) is 0 Å². The normalized spacial score (nSPS) is 11.5. The van der Waals surface area contributed by atoms with Crippen LogP contribution in [0.2, 0.25) is 0 Å². The van der Waals surface area contributed by atoms with Crippen molar-refractivity contribution in [3.05, 3.63) is 11.1 Å². The molecule has 0 N–H and O–H groups in total. The first-order valence-corrected chi connectivity index (χ1v) is 4.35. The second kappa shape index (κ2) is 2.74. The van der Waals surface area contributed by atoms with E-state index in [1.807, 2.05) is 5.38 Å². The Bertz CT molecular complexity index is 257. The number of hydrogen-bond acceptors (Lipinski definition) is 3. The Morgan fingerprint density at radius 2 is 2.18 bits per heavy atom. The average Bonchev–Trinajstić information content (AvgIpc) is 2.32. The smallest absolute Gasteiger partial charge is 0.208 e. The van der Waals surface area contributed by atoms with Crippen LogP contribution in [0.3, 0.4) is 0 Å². The van der Waals surface area contributed by atoms with Crippen LogP contribution >= 0.6 is 11.3 Å². The van der Waals surface area contributed by atoms with Crippen LogP contribution in [-0.2, 0) is 5.41 Å². The maximum Gasteiger partial charge on any atom is 0.208 e. The van der Waals surface area contributed by atoms with Crippen molar-refractivity contribution in [2.24, 2.45) is 4.99 Å². The molecule has 1 aromatic heterocycles. The van der Waals surface area contributed by atoms with Gasteiger partial charge < -0.3 is 0 Å². The Labute approximate surface area is 71.0 Å². The second-order valence-corrected chi connectivity index (χ2v) is 4.26. The molecule has 3 heteroatoms. The zero-order valence-corrected chi connectivity index (χ0v) is 7.90. The molecule has 0 saturated carbocycles. The van der Waals surface area contributed by atoms with E-state index in [-0.39, 0.29) is 5.41 Å². The molecule has 0 radical (unpaired) electrons. The van der Waals surface area contributed by atoms with Crippen molar-refractivity contribution in [1.82, 2.24) is 4.98 Å². The van der Waals surface area contributed by atoms with Gasteiger partial charge in [0.25, 0.3) is 0 Å². The van der Waals surface area contributed by atoms with E-state index in [2.05, 4.69) is 37.5 Å². The molecule has 0 aliphatic heterocycles. The fourth-order valence-corrected chi connectivity index (χ4v) is 1.53. The quantitative estimate of drug-likeness (QED) is 0.592. The first-order valence-electron chi connectivity index (χ1n) is 3.47. The summed E-state index contributed by atoms with van der Waals surface area (Å²) in [5, 5.41) is 2.79. The minimum Gasteiger partial charge on any atom is -0.236 e. The van der Waals surface area contributed by atoms with E-state index in [9.17, 15) is 0 Å². The summed E-state index contributed by atoms with van der Waals surface area (Å²) in [6, 6.07) is 0. The molecule has 1 rings (SSSR count). The molecule has 0 saturated heterocycles. The van der Waals surface area contributed by atoms with E-state index in [1.54, 1.807) is 0 Å². The number of thiazole rings is 1. The molecule has 2 nitrogen and oxygen atoms in total.